The molecule has 110 valence electrons. The van der Waals surface area contributed by atoms with Gasteiger partial charge >= 0.3 is 0 Å². The van der Waals surface area contributed by atoms with Crippen molar-refractivity contribution in [3.63, 3.8) is 0 Å². The lowest BCUT2D eigenvalue weighted by Gasteiger charge is -2.32. The topological polar surface area (TPSA) is 44.4 Å². The Labute approximate surface area is 129 Å². The van der Waals surface area contributed by atoms with Crippen LogP contribution in [0, 0.1) is 5.92 Å². The molecule has 1 fully saturated rings. The summed E-state index contributed by atoms with van der Waals surface area (Å²) < 4.78 is 1.02. The summed E-state index contributed by atoms with van der Waals surface area (Å²) in [6, 6.07) is 7.67. The Bertz CT molecular complexity index is 433. The minimum atomic E-state index is 0.0671. The number of amides is 1. The fraction of sp³-hybridized carbons (Fsp3) is 0.533. The summed E-state index contributed by atoms with van der Waals surface area (Å²) in [5.74, 6) is 0.728. The molecule has 1 saturated heterocycles. The number of benzene rings is 1. The van der Waals surface area contributed by atoms with E-state index in [0.717, 1.165) is 29.8 Å². The van der Waals surface area contributed by atoms with Crippen LogP contribution in [0.1, 0.15) is 12.8 Å². The Morgan fingerprint density at radius 3 is 2.85 bits per heavy atom. The smallest absolute Gasteiger partial charge is 0.238 e. The molecule has 1 amide bonds. The van der Waals surface area contributed by atoms with E-state index < -0.39 is 0 Å². The molecule has 0 aromatic heterocycles. The summed E-state index contributed by atoms with van der Waals surface area (Å²) >= 11 is 3.39. The zero-order valence-corrected chi connectivity index (χ0v) is 13.4. The predicted octanol–water partition coefficient (Wildman–Crippen LogP) is 2.32. The van der Waals surface area contributed by atoms with E-state index in [2.05, 4.69) is 31.5 Å². The van der Waals surface area contributed by atoms with Gasteiger partial charge in [-0.25, -0.2) is 0 Å². The first-order chi connectivity index (χ1) is 9.67. The summed E-state index contributed by atoms with van der Waals surface area (Å²) in [6.45, 7) is 3.55. The van der Waals surface area contributed by atoms with Gasteiger partial charge in [-0.2, -0.15) is 0 Å². The first kappa shape index (κ1) is 15.5. The molecule has 20 heavy (non-hydrogen) atoms. The monoisotopic (exact) mass is 339 g/mol. The van der Waals surface area contributed by atoms with Crippen LogP contribution in [-0.2, 0) is 4.79 Å². The van der Waals surface area contributed by atoms with Crippen molar-refractivity contribution in [2.75, 3.05) is 38.5 Å². The minimum Gasteiger partial charge on any atom is -0.325 e. The minimum absolute atomic E-state index is 0.0671. The average molecular weight is 340 g/mol. The second kappa shape index (κ2) is 7.76. The van der Waals surface area contributed by atoms with Crippen molar-refractivity contribution < 1.29 is 4.79 Å². The first-order valence-corrected chi connectivity index (χ1v) is 7.89. The average Bonchev–Trinajstić information content (AvgIpc) is 2.42. The molecule has 0 bridgehead atoms. The molecular formula is C15H22BrN3O. The number of carbonyl (C=O) groups is 1. The maximum absolute atomic E-state index is 12.1. The molecule has 0 spiro atoms. The van der Waals surface area contributed by atoms with Crippen LogP contribution in [0.2, 0.25) is 0 Å². The van der Waals surface area contributed by atoms with Crippen molar-refractivity contribution in [3.8, 4) is 0 Å². The Morgan fingerprint density at radius 2 is 2.15 bits per heavy atom. The number of piperidine rings is 1. The fourth-order valence-electron chi connectivity index (χ4n) is 2.69. The Morgan fingerprint density at radius 1 is 1.40 bits per heavy atom. The van der Waals surface area contributed by atoms with E-state index in [9.17, 15) is 4.79 Å². The quantitative estimate of drug-likeness (QED) is 0.865. The van der Waals surface area contributed by atoms with E-state index in [1.54, 1.807) is 0 Å². The Hall–Kier alpha value is -0.910. The maximum atomic E-state index is 12.1. The van der Waals surface area contributed by atoms with E-state index in [4.69, 9.17) is 0 Å². The van der Waals surface area contributed by atoms with Crippen molar-refractivity contribution in [1.82, 2.24) is 10.2 Å². The Kier molecular flexibility index (Phi) is 6.01. The number of nitrogens with zero attached hydrogens (tertiary/aromatic N) is 1. The van der Waals surface area contributed by atoms with Gasteiger partial charge in [0.25, 0.3) is 0 Å². The molecule has 2 rings (SSSR count). The van der Waals surface area contributed by atoms with Crippen molar-refractivity contribution in [2.45, 2.75) is 12.8 Å². The summed E-state index contributed by atoms with van der Waals surface area (Å²) in [5, 5.41) is 6.17. The van der Waals surface area contributed by atoms with Crippen molar-refractivity contribution in [2.24, 2.45) is 5.92 Å². The third kappa shape index (κ3) is 4.89. The van der Waals surface area contributed by atoms with Crippen LogP contribution >= 0.6 is 15.9 Å². The van der Waals surface area contributed by atoms with Gasteiger partial charge in [0.05, 0.1) is 6.54 Å². The number of anilines is 1. The first-order valence-electron chi connectivity index (χ1n) is 7.10. The van der Waals surface area contributed by atoms with Gasteiger partial charge in [0.2, 0.25) is 5.91 Å². The molecule has 5 heteroatoms. The zero-order valence-electron chi connectivity index (χ0n) is 11.9. The summed E-state index contributed by atoms with van der Waals surface area (Å²) in [5.41, 5.74) is 0.849. The lowest BCUT2D eigenvalue weighted by molar-refractivity contribution is -0.117. The standard InChI is InChI=1S/C15H22BrN3O/c1-17-9-12-3-2-8-19(10-12)11-15(20)18-14-6-4-13(16)5-7-14/h4-7,12,17H,2-3,8-11H2,1H3,(H,18,20). The van der Waals surface area contributed by atoms with Crippen LogP contribution in [0.3, 0.4) is 0 Å². The predicted molar refractivity (Wildman–Crippen MR) is 85.9 cm³/mol. The molecule has 1 aromatic carbocycles. The zero-order chi connectivity index (χ0) is 14.4. The fourth-order valence-corrected chi connectivity index (χ4v) is 2.95. The van der Waals surface area contributed by atoms with Crippen LogP contribution in [-0.4, -0.2) is 44.0 Å². The normalized spacial score (nSPS) is 19.8. The van der Waals surface area contributed by atoms with Crippen LogP contribution in [0.5, 0.6) is 0 Å². The molecule has 0 saturated carbocycles. The van der Waals surface area contributed by atoms with E-state index in [-0.39, 0.29) is 5.91 Å². The van der Waals surface area contributed by atoms with Crippen LogP contribution in [0.15, 0.2) is 28.7 Å². The summed E-state index contributed by atoms with van der Waals surface area (Å²) in [7, 11) is 1.99. The van der Waals surface area contributed by atoms with Crippen molar-refractivity contribution in [3.05, 3.63) is 28.7 Å². The lowest BCUT2D eigenvalue weighted by atomic mass is 9.98. The van der Waals surface area contributed by atoms with Gasteiger partial charge in [0.15, 0.2) is 0 Å². The van der Waals surface area contributed by atoms with Gasteiger partial charge in [0, 0.05) is 16.7 Å². The second-order valence-corrected chi connectivity index (χ2v) is 6.27. The molecule has 0 radical (unpaired) electrons. The van der Waals surface area contributed by atoms with Gasteiger partial charge < -0.3 is 10.6 Å². The van der Waals surface area contributed by atoms with Crippen LogP contribution in [0.25, 0.3) is 0 Å². The third-order valence-electron chi connectivity index (χ3n) is 3.59. The summed E-state index contributed by atoms with van der Waals surface area (Å²) in [4.78, 5) is 14.3. The second-order valence-electron chi connectivity index (χ2n) is 5.36. The SMILES string of the molecule is CNCC1CCCN(CC(=O)Nc2ccc(Br)cc2)C1. The molecule has 2 N–H and O–H groups in total. The lowest BCUT2D eigenvalue weighted by Crippen LogP contribution is -2.42. The maximum Gasteiger partial charge on any atom is 0.238 e. The molecule has 1 aliphatic heterocycles. The van der Waals surface area contributed by atoms with E-state index in [0.29, 0.717) is 12.5 Å². The van der Waals surface area contributed by atoms with Gasteiger partial charge in [0.1, 0.15) is 0 Å². The van der Waals surface area contributed by atoms with Crippen molar-refractivity contribution in [1.29, 1.82) is 0 Å². The largest absolute Gasteiger partial charge is 0.325 e. The Balaban J connectivity index is 1.80. The number of hydrogen-bond acceptors (Lipinski definition) is 3. The van der Waals surface area contributed by atoms with Crippen LogP contribution in [0.4, 0.5) is 5.69 Å². The highest BCUT2D eigenvalue weighted by Crippen LogP contribution is 2.16. The van der Waals surface area contributed by atoms with E-state index in [1.807, 2.05) is 31.3 Å². The number of carbonyl (C=O) groups excluding carboxylic acids is 1. The highest BCUT2D eigenvalue weighted by Gasteiger charge is 2.20. The molecule has 1 aromatic rings. The molecule has 1 unspecified atom stereocenters. The van der Waals surface area contributed by atoms with Gasteiger partial charge in [-0.15, -0.1) is 0 Å². The van der Waals surface area contributed by atoms with E-state index in [1.165, 1.54) is 12.8 Å². The third-order valence-corrected chi connectivity index (χ3v) is 4.12. The number of rotatable bonds is 5. The van der Waals surface area contributed by atoms with Crippen LogP contribution < -0.4 is 10.6 Å². The van der Waals surface area contributed by atoms with Gasteiger partial charge in [-0.05, 0) is 63.2 Å². The molecule has 1 aliphatic rings. The van der Waals surface area contributed by atoms with Gasteiger partial charge in [-0.1, -0.05) is 15.9 Å². The molecular weight excluding hydrogens is 318 g/mol. The molecule has 1 atom stereocenters. The number of nitrogens with one attached hydrogen (secondary N) is 2. The molecule has 0 aliphatic carbocycles. The van der Waals surface area contributed by atoms with Crippen molar-refractivity contribution >= 4 is 27.5 Å². The number of likely N-dealkylation sites (tertiary alicyclic amines) is 1. The highest BCUT2D eigenvalue weighted by molar-refractivity contribution is 9.10. The highest BCUT2D eigenvalue weighted by atomic mass is 79.9. The number of hydrogen-bond donors (Lipinski definition) is 2. The molecule has 1 heterocycles. The summed E-state index contributed by atoms with van der Waals surface area (Å²) in [6.07, 6.45) is 2.43. The molecule has 4 nitrogen and oxygen atoms in total. The van der Waals surface area contributed by atoms with Gasteiger partial charge in [-0.3, -0.25) is 9.69 Å². The van der Waals surface area contributed by atoms with E-state index >= 15 is 0 Å². The number of halogens is 1.